The van der Waals surface area contributed by atoms with Gasteiger partial charge in [0.25, 0.3) is 0 Å². The molecule has 0 saturated carbocycles. The standard InChI is InChI=1S/C24H46O7Si4/c1-19(23-20(14-16-22(25)26)13-15-21(27-2)24(23)28-3)17-18-35(29-32(4,5)6,30-33(7,8)9)31-34(10,11)12/h13-16,19H,17-18H2,1-12H3,(H,25,26)/b16-14+. The predicted molar refractivity (Wildman–Crippen MR) is 153 cm³/mol. The Kier molecular flexibility index (Phi) is 11.2. The van der Waals surface area contributed by atoms with Crippen molar-refractivity contribution in [2.75, 3.05) is 14.2 Å². The van der Waals surface area contributed by atoms with Gasteiger partial charge in [-0.2, -0.15) is 0 Å². The number of hydrogen-bond donors (Lipinski definition) is 1. The lowest BCUT2D eigenvalue weighted by Crippen LogP contribution is -2.60. The lowest BCUT2D eigenvalue weighted by atomic mass is 9.92. The van der Waals surface area contributed by atoms with Gasteiger partial charge in [-0.15, -0.1) is 0 Å². The van der Waals surface area contributed by atoms with Crippen molar-refractivity contribution in [2.24, 2.45) is 0 Å². The fourth-order valence-corrected chi connectivity index (χ4v) is 18.8. The first-order chi connectivity index (χ1) is 15.8. The zero-order chi connectivity index (χ0) is 27.2. The third-order valence-electron chi connectivity index (χ3n) is 4.78. The maximum atomic E-state index is 11.2. The number of carbonyl (C=O) groups is 1. The largest absolute Gasteiger partial charge is 0.493 e. The van der Waals surface area contributed by atoms with Crippen LogP contribution in [0.5, 0.6) is 11.5 Å². The van der Waals surface area contributed by atoms with E-state index >= 15 is 0 Å². The first kappa shape index (κ1) is 31.8. The number of aliphatic carboxylic acids is 1. The summed E-state index contributed by atoms with van der Waals surface area (Å²) in [7, 11) is -5.73. The SMILES string of the molecule is COc1ccc(/C=C/C(=O)O)c(C(C)CC[Si](O[Si](C)(C)C)(O[Si](C)(C)C)O[Si](C)(C)C)c1OC. The summed E-state index contributed by atoms with van der Waals surface area (Å²) in [4.78, 5) is 11.2. The zero-order valence-corrected chi connectivity index (χ0v) is 27.7. The van der Waals surface area contributed by atoms with Crippen molar-refractivity contribution in [3.8, 4) is 11.5 Å². The van der Waals surface area contributed by atoms with Crippen LogP contribution in [-0.4, -0.2) is 59.1 Å². The van der Waals surface area contributed by atoms with Gasteiger partial charge in [0.15, 0.2) is 36.5 Å². The fraction of sp³-hybridized carbons (Fsp3) is 0.625. The second-order valence-electron chi connectivity index (χ2n) is 11.7. The molecule has 0 bridgehead atoms. The number of carboxylic acid groups (broad SMARTS) is 1. The Morgan fingerprint density at radius 2 is 1.37 bits per heavy atom. The monoisotopic (exact) mass is 558 g/mol. The van der Waals surface area contributed by atoms with Gasteiger partial charge in [0.1, 0.15) is 0 Å². The van der Waals surface area contributed by atoms with Gasteiger partial charge in [-0.3, -0.25) is 0 Å². The van der Waals surface area contributed by atoms with E-state index in [4.69, 9.17) is 21.8 Å². The van der Waals surface area contributed by atoms with Crippen molar-refractivity contribution in [1.29, 1.82) is 0 Å². The van der Waals surface area contributed by atoms with Crippen LogP contribution >= 0.6 is 0 Å². The predicted octanol–water partition coefficient (Wildman–Crippen LogP) is 6.79. The van der Waals surface area contributed by atoms with E-state index in [1.165, 1.54) is 0 Å². The molecule has 0 amide bonds. The van der Waals surface area contributed by atoms with E-state index in [-0.39, 0.29) is 5.92 Å². The molecule has 1 atom stereocenters. The van der Waals surface area contributed by atoms with Gasteiger partial charge >= 0.3 is 14.8 Å². The van der Waals surface area contributed by atoms with Crippen molar-refractivity contribution in [3.05, 3.63) is 29.3 Å². The highest BCUT2D eigenvalue weighted by atomic mass is 28.5. The van der Waals surface area contributed by atoms with E-state index in [9.17, 15) is 9.90 Å². The molecule has 1 unspecified atom stereocenters. The van der Waals surface area contributed by atoms with Gasteiger partial charge in [0, 0.05) is 17.7 Å². The summed E-state index contributed by atoms with van der Waals surface area (Å²) < 4.78 is 31.8. The topological polar surface area (TPSA) is 83.5 Å². The summed E-state index contributed by atoms with van der Waals surface area (Å²) in [6.45, 7) is 21.7. The summed E-state index contributed by atoms with van der Waals surface area (Å²) in [5, 5.41) is 9.19. The summed E-state index contributed by atoms with van der Waals surface area (Å²) in [5.41, 5.74) is 1.69. The van der Waals surface area contributed by atoms with E-state index in [1.54, 1.807) is 26.4 Å². The van der Waals surface area contributed by atoms with Gasteiger partial charge < -0.3 is 26.9 Å². The van der Waals surface area contributed by atoms with Crippen LogP contribution in [0.15, 0.2) is 18.2 Å². The van der Waals surface area contributed by atoms with Crippen LogP contribution in [0.1, 0.15) is 30.4 Å². The minimum atomic E-state index is -3.00. The molecule has 0 aliphatic heterocycles. The minimum absolute atomic E-state index is 0.0149. The van der Waals surface area contributed by atoms with Gasteiger partial charge in [-0.05, 0) is 89.0 Å². The molecule has 7 nitrogen and oxygen atoms in total. The van der Waals surface area contributed by atoms with Crippen LogP contribution in [-0.2, 0) is 17.1 Å². The van der Waals surface area contributed by atoms with Crippen molar-refractivity contribution in [3.63, 3.8) is 0 Å². The van der Waals surface area contributed by atoms with Crippen molar-refractivity contribution in [1.82, 2.24) is 0 Å². The molecule has 0 aliphatic rings. The second kappa shape index (κ2) is 12.3. The van der Waals surface area contributed by atoms with Crippen LogP contribution in [0.2, 0.25) is 65.0 Å². The van der Waals surface area contributed by atoms with E-state index < -0.39 is 39.7 Å². The molecular formula is C24H46O7Si4. The van der Waals surface area contributed by atoms with Crippen LogP contribution in [0.4, 0.5) is 0 Å². The molecule has 0 fully saturated rings. The molecule has 0 radical (unpaired) electrons. The molecule has 35 heavy (non-hydrogen) atoms. The third-order valence-corrected chi connectivity index (χ3v) is 16.8. The number of rotatable bonds is 14. The van der Waals surface area contributed by atoms with Gasteiger partial charge in [0.05, 0.1) is 14.2 Å². The molecule has 0 saturated heterocycles. The van der Waals surface area contributed by atoms with Crippen molar-refractivity contribution >= 4 is 45.8 Å². The summed E-state index contributed by atoms with van der Waals surface area (Å²) in [6, 6.07) is 4.34. The number of hydrogen-bond acceptors (Lipinski definition) is 6. The lowest BCUT2D eigenvalue weighted by molar-refractivity contribution is -0.131. The molecule has 0 aromatic heterocycles. The molecule has 11 heteroatoms. The van der Waals surface area contributed by atoms with Crippen LogP contribution in [0.3, 0.4) is 0 Å². The maximum Gasteiger partial charge on any atom is 0.469 e. The van der Waals surface area contributed by atoms with Gasteiger partial charge in [-0.25, -0.2) is 4.79 Å². The summed E-state index contributed by atoms with van der Waals surface area (Å²) >= 11 is 0. The number of methoxy groups -OCH3 is 2. The Balaban J connectivity index is 3.53. The van der Waals surface area contributed by atoms with Crippen LogP contribution in [0, 0.1) is 0 Å². The van der Waals surface area contributed by atoms with Crippen molar-refractivity contribution < 1.29 is 31.7 Å². The van der Waals surface area contributed by atoms with Crippen molar-refractivity contribution in [2.45, 2.75) is 84.2 Å². The Morgan fingerprint density at radius 3 is 1.74 bits per heavy atom. The maximum absolute atomic E-state index is 11.2. The highest BCUT2D eigenvalue weighted by Gasteiger charge is 2.50. The van der Waals surface area contributed by atoms with E-state index in [2.05, 4.69) is 65.8 Å². The minimum Gasteiger partial charge on any atom is -0.493 e. The Hall–Kier alpha value is -1.22. The lowest BCUT2D eigenvalue weighted by Gasteiger charge is -2.43. The van der Waals surface area contributed by atoms with Crippen LogP contribution in [0.25, 0.3) is 6.08 Å². The summed E-state index contributed by atoms with van der Waals surface area (Å²) in [5.74, 6) is 0.241. The highest BCUT2D eigenvalue weighted by Crippen LogP contribution is 2.42. The Morgan fingerprint density at radius 1 is 0.886 bits per heavy atom. The average molecular weight is 559 g/mol. The quantitative estimate of drug-likeness (QED) is 0.199. The van der Waals surface area contributed by atoms with Gasteiger partial charge in [-0.1, -0.05) is 13.0 Å². The average Bonchev–Trinajstić information content (AvgIpc) is 2.65. The zero-order valence-electron chi connectivity index (χ0n) is 23.7. The molecule has 0 heterocycles. The molecule has 1 aromatic carbocycles. The smallest absolute Gasteiger partial charge is 0.469 e. The summed E-state index contributed by atoms with van der Waals surface area (Å²) in [6.07, 6.45) is 3.49. The highest BCUT2D eigenvalue weighted by molar-refractivity contribution is 6.90. The Labute approximate surface area is 216 Å². The molecule has 200 valence electrons. The third kappa shape index (κ3) is 11.1. The van der Waals surface area contributed by atoms with E-state index in [0.29, 0.717) is 17.5 Å². The molecule has 1 aromatic rings. The molecule has 1 rings (SSSR count). The van der Waals surface area contributed by atoms with Crippen LogP contribution < -0.4 is 9.47 Å². The number of ether oxygens (including phenoxy) is 2. The first-order valence-corrected chi connectivity index (χ1v) is 24.2. The number of carboxylic acids is 1. The van der Waals surface area contributed by atoms with E-state index in [0.717, 1.165) is 23.6 Å². The second-order valence-corrected chi connectivity index (χ2v) is 28.7. The molecule has 0 aliphatic carbocycles. The fourth-order valence-electron chi connectivity index (χ4n) is 3.93. The molecular weight excluding hydrogens is 513 g/mol. The van der Waals surface area contributed by atoms with E-state index in [1.807, 2.05) is 6.07 Å². The normalized spacial score (nSPS) is 14.3. The molecule has 0 spiro atoms. The Bertz CT molecular complexity index is 843. The van der Waals surface area contributed by atoms with Gasteiger partial charge in [0.2, 0.25) is 0 Å². The number of benzene rings is 1. The molecule has 1 N–H and O–H groups in total. The first-order valence-electron chi connectivity index (χ1n) is 12.1.